The first-order valence-electron chi connectivity index (χ1n) is 8.49. The van der Waals surface area contributed by atoms with Crippen LogP contribution in [0, 0.1) is 13.8 Å². The number of anilines is 1. The summed E-state index contributed by atoms with van der Waals surface area (Å²) >= 11 is 0. The van der Waals surface area contributed by atoms with Crippen molar-refractivity contribution in [3.05, 3.63) is 65.2 Å². The third-order valence-corrected chi connectivity index (χ3v) is 3.97. The second kappa shape index (κ2) is 9.38. The van der Waals surface area contributed by atoms with Gasteiger partial charge in [0.2, 0.25) is 0 Å². The van der Waals surface area contributed by atoms with Crippen LogP contribution in [0.2, 0.25) is 0 Å². The van der Waals surface area contributed by atoms with E-state index < -0.39 is 30.6 Å². The molecule has 0 aliphatic rings. The highest BCUT2D eigenvalue weighted by molar-refractivity contribution is 5.94. The maximum Gasteiger partial charge on any atom is 0.329 e. The van der Waals surface area contributed by atoms with Crippen molar-refractivity contribution >= 4 is 23.6 Å². The van der Waals surface area contributed by atoms with E-state index in [9.17, 15) is 14.4 Å². The zero-order chi connectivity index (χ0) is 19.8. The Bertz CT molecular complexity index is 801. The molecule has 0 saturated carbocycles. The Morgan fingerprint density at radius 1 is 1.00 bits per heavy atom. The fourth-order valence-corrected chi connectivity index (χ4v) is 2.64. The lowest BCUT2D eigenvalue weighted by Gasteiger charge is -2.17. The molecule has 142 valence electrons. The van der Waals surface area contributed by atoms with Crippen LogP contribution in [0.25, 0.3) is 0 Å². The molecular formula is C20H23N3O4. The van der Waals surface area contributed by atoms with Crippen molar-refractivity contribution in [2.45, 2.75) is 26.3 Å². The Morgan fingerprint density at radius 3 is 2.22 bits per heavy atom. The number of hydrogen-bond acceptors (Lipinski definition) is 4. The number of urea groups is 1. The maximum absolute atomic E-state index is 12.3. The van der Waals surface area contributed by atoms with Crippen LogP contribution in [0.1, 0.15) is 16.7 Å². The van der Waals surface area contributed by atoms with Gasteiger partial charge in [-0.05, 0) is 30.5 Å². The molecule has 2 rings (SSSR count). The Morgan fingerprint density at radius 2 is 1.63 bits per heavy atom. The van der Waals surface area contributed by atoms with Crippen LogP contribution >= 0.6 is 0 Å². The number of hydrogen-bond donors (Lipinski definition) is 3. The molecule has 1 atom stereocenters. The molecule has 2 aromatic rings. The Balaban J connectivity index is 1.96. The molecule has 0 spiro atoms. The first-order chi connectivity index (χ1) is 12.9. The van der Waals surface area contributed by atoms with Gasteiger partial charge >= 0.3 is 12.0 Å². The van der Waals surface area contributed by atoms with Gasteiger partial charge in [-0.25, -0.2) is 9.59 Å². The predicted molar refractivity (Wildman–Crippen MR) is 102 cm³/mol. The fourth-order valence-electron chi connectivity index (χ4n) is 2.64. The van der Waals surface area contributed by atoms with Crippen LogP contribution in [0.4, 0.5) is 10.5 Å². The molecule has 27 heavy (non-hydrogen) atoms. The Labute approximate surface area is 157 Å². The SMILES string of the molecule is Cc1cccc(C)c1NC(=O)COC(=O)[C@H](Cc1ccccc1)NC(N)=O. The summed E-state index contributed by atoms with van der Waals surface area (Å²) in [7, 11) is 0. The van der Waals surface area contributed by atoms with Gasteiger partial charge in [-0.3, -0.25) is 4.79 Å². The minimum Gasteiger partial charge on any atom is -0.454 e. The lowest BCUT2D eigenvalue weighted by atomic mass is 10.1. The maximum atomic E-state index is 12.3. The molecule has 0 saturated heterocycles. The van der Waals surface area contributed by atoms with Crippen LogP contribution in [-0.2, 0) is 20.7 Å². The molecule has 0 aromatic heterocycles. The number of carbonyl (C=O) groups excluding carboxylic acids is 3. The van der Waals surface area contributed by atoms with Crippen molar-refractivity contribution in [2.24, 2.45) is 5.73 Å². The predicted octanol–water partition coefficient (Wildman–Crippen LogP) is 2.06. The van der Waals surface area contributed by atoms with E-state index in [2.05, 4.69) is 10.6 Å². The molecule has 0 radical (unpaired) electrons. The summed E-state index contributed by atoms with van der Waals surface area (Å²) < 4.78 is 5.07. The summed E-state index contributed by atoms with van der Waals surface area (Å²) in [5.74, 6) is -1.19. The van der Waals surface area contributed by atoms with E-state index in [1.54, 1.807) is 0 Å². The molecule has 0 fully saturated rings. The number of nitrogens with two attached hydrogens (primary N) is 1. The number of ether oxygens (including phenoxy) is 1. The average Bonchev–Trinajstić information content (AvgIpc) is 2.63. The normalized spacial score (nSPS) is 11.3. The summed E-state index contributed by atoms with van der Waals surface area (Å²) in [6.07, 6.45) is 0.209. The zero-order valence-corrected chi connectivity index (χ0v) is 15.3. The number of amides is 3. The second-order valence-electron chi connectivity index (χ2n) is 6.17. The van der Waals surface area contributed by atoms with Crippen molar-refractivity contribution in [3.8, 4) is 0 Å². The first kappa shape index (κ1) is 20.0. The molecular weight excluding hydrogens is 346 g/mol. The van der Waals surface area contributed by atoms with Crippen LogP contribution in [-0.4, -0.2) is 30.6 Å². The van der Waals surface area contributed by atoms with E-state index in [4.69, 9.17) is 10.5 Å². The van der Waals surface area contributed by atoms with E-state index in [0.29, 0.717) is 5.69 Å². The quantitative estimate of drug-likeness (QED) is 0.649. The van der Waals surface area contributed by atoms with E-state index in [-0.39, 0.29) is 6.42 Å². The van der Waals surface area contributed by atoms with Gasteiger partial charge in [0.15, 0.2) is 6.61 Å². The van der Waals surface area contributed by atoms with E-state index in [1.165, 1.54) is 0 Å². The number of rotatable bonds is 7. The van der Waals surface area contributed by atoms with Crippen molar-refractivity contribution in [1.82, 2.24) is 5.32 Å². The van der Waals surface area contributed by atoms with Crippen molar-refractivity contribution in [1.29, 1.82) is 0 Å². The highest BCUT2D eigenvalue weighted by Crippen LogP contribution is 2.19. The molecule has 0 aliphatic carbocycles. The summed E-state index contributed by atoms with van der Waals surface area (Å²) in [6.45, 7) is 3.29. The van der Waals surface area contributed by atoms with Crippen molar-refractivity contribution in [2.75, 3.05) is 11.9 Å². The number of benzene rings is 2. The lowest BCUT2D eigenvalue weighted by Crippen LogP contribution is -2.46. The Kier molecular flexibility index (Phi) is 6.93. The summed E-state index contributed by atoms with van der Waals surface area (Å²) in [6, 6.07) is 12.9. The van der Waals surface area contributed by atoms with E-state index in [1.807, 2.05) is 62.4 Å². The summed E-state index contributed by atoms with van der Waals surface area (Å²) in [5, 5.41) is 5.09. The van der Waals surface area contributed by atoms with Gasteiger partial charge in [-0.1, -0.05) is 48.5 Å². The number of esters is 1. The van der Waals surface area contributed by atoms with Gasteiger partial charge in [0.05, 0.1) is 0 Å². The molecule has 0 unspecified atom stereocenters. The molecule has 4 N–H and O–H groups in total. The monoisotopic (exact) mass is 369 g/mol. The number of primary amides is 1. The second-order valence-corrected chi connectivity index (χ2v) is 6.17. The van der Waals surface area contributed by atoms with Gasteiger partial charge < -0.3 is 21.1 Å². The highest BCUT2D eigenvalue weighted by Gasteiger charge is 2.23. The third kappa shape index (κ3) is 6.14. The average molecular weight is 369 g/mol. The number of nitrogens with one attached hydrogen (secondary N) is 2. The number of aryl methyl sites for hydroxylation is 2. The van der Waals surface area contributed by atoms with Crippen molar-refractivity contribution < 1.29 is 19.1 Å². The van der Waals surface area contributed by atoms with Gasteiger partial charge in [-0.15, -0.1) is 0 Å². The number of carbonyl (C=O) groups is 3. The molecule has 2 aromatic carbocycles. The Hall–Kier alpha value is -3.35. The van der Waals surface area contributed by atoms with Crippen LogP contribution in [0.3, 0.4) is 0 Å². The van der Waals surface area contributed by atoms with Gasteiger partial charge in [-0.2, -0.15) is 0 Å². The van der Waals surface area contributed by atoms with E-state index >= 15 is 0 Å². The van der Waals surface area contributed by atoms with Gasteiger partial charge in [0, 0.05) is 12.1 Å². The molecule has 7 heteroatoms. The molecule has 0 aliphatic heterocycles. The molecule has 0 bridgehead atoms. The van der Waals surface area contributed by atoms with Crippen molar-refractivity contribution in [3.63, 3.8) is 0 Å². The van der Waals surface area contributed by atoms with E-state index in [0.717, 1.165) is 16.7 Å². The van der Waals surface area contributed by atoms with Crippen LogP contribution in [0.15, 0.2) is 48.5 Å². The first-order valence-corrected chi connectivity index (χ1v) is 8.49. The third-order valence-electron chi connectivity index (χ3n) is 3.97. The smallest absolute Gasteiger partial charge is 0.329 e. The highest BCUT2D eigenvalue weighted by atomic mass is 16.5. The summed E-state index contributed by atoms with van der Waals surface area (Å²) in [5.41, 5.74) is 8.47. The van der Waals surface area contributed by atoms with Crippen LogP contribution < -0.4 is 16.4 Å². The largest absolute Gasteiger partial charge is 0.454 e. The molecule has 0 heterocycles. The lowest BCUT2D eigenvalue weighted by molar-refractivity contribution is -0.149. The fraction of sp³-hybridized carbons (Fsp3) is 0.250. The zero-order valence-electron chi connectivity index (χ0n) is 15.3. The van der Waals surface area contributed by atoms with Crippen LogP contribution in [0.5, 0.6) is 0 Å². The minimum atomic E-state index is -0.974. The molecule has 7 nitrogen and oxygen atoms in total. The van der Waals surface area contributed by atoms with Gasteiger partial charge in [0.1, 0.15) is 6.04 Å². The number of para-hydroxylation sites is 1. The van der Waals surface area contributed by atoms with Gasteiger partial charge in [0.25, 0.3) is 5.91 Å². The topological polar surface area (TPSA) is 111 Å². The molecule has 3 amide bonds. The summed E-state index contributed by atoms with van der Waals surface area (Å²) in [4.78, 5) is 35.6. The minimum absolute atomic E-state index is 0.209. The standard InChI is InChI=1S/C20H23N3O4/c1-13-7-6-8-14(2)18(13)23-17(24)12-27-19(25)16(22-20(21)26)11-15-9-4-3-5-10-15/h3-10,16H,11-12H2,1-2H3,(H,23,24)(H3,21,22,26)/t16-/m0/s1.